The number of rotatable bonds is 7. The zero-order valence-electron chi connectivity index (χ0n) is 12.3. The van der Waals surface area contributed by atoms with Gasteiger partial charge in [0.25, 0.3) is 0 Å². The summed E-state index contributed by atoms with van der Waals surface area (Å²) in [6.45, 7) is 9.25. The van der Waals surface area contributed by atoms with Crippen LogP contribution in [0.3, 0.4) is 0 Å². The summed E-state index contributed by atoms with van der Waals surface area (Å²) in [7, 11) is 2.24. The van der Waals surface area contributed by atoms with E-state index in [-0.39, 0.29) is 0 Å². The van der Waals surface area contributed by atoms with Gasteiger partial charge < -0.3 is 10.2 Å². The minimum atomic E-state index is 0.714. The van der Waals surface area contributed by atoms with E-state index in [2.05, 4.69) is 38.0 Å². The lowest BCUT2D eigenvalue weighted by Gasteiger charge is -2.30. The van der Waals surface area contributed by atoms with Gasteiger partial charge in [-0.1, -0.05) is 33.1 Å². The first-order chi connectivity index (χ1) is 8.17. The molecule has 2 nitrogen and oxygen atoms in total. The van der Waals surface area contributed by atoms with Gasteiger partial charge in [0.2, 0.25) is 0 Å². The molecule has 0 amide bonds. The molecule has 1 aliphatic rings. The van der Waals surface area contributed by atoms with Crippen LogP contribution in [-0.4, -0.2) is 37.1 Å². The van der Waals surface area contributed by atoms with E-state index in [1.165, 1.54) is 45.1 Å². The zero-order valence-corrected chi connectivity index (χ0v) is 12.3. The number of likely N-dealkylation sites (N-methyl/N-ethyl adjacent to an activating group) is 1. The second-order valence-electron chi connectivity index (χ2n) is 5.83. The van der Waals surface area contributed by atoms with Crippen molar-refractivity contribution in [2.45, 2.75) is 71.4 Å². The second-order valence-corrected chi connectivity index (χ2v) is 5.83. The minimum absolute atomic E-state index is 0.714. The Bertz CT molecular complexity index is 193. The molecule has 0 aromatic rings. The summed E-state index contributed by atoms with van der Waals surface area (Å²) in [6, 6.07) is 1.51. The molecule has 0 bridgehead atoms. The molecule has 0 heterocycles. The number of hydrogen-bond acceptors (Lipinski definition) is 2. The standard InChI is InChI=1S/C15H32N2/c1-5-13(3)17(4)11-10-16-15-9-7-8-14(6-2)12-15/h13-16H,5-12H2,1-4H3. The van der Waals surface area contributed by atoms with Crippen LogP contribution in [0.15, 0.2) is 0 Å². The minimum Gasteiger partial charge on any atom is -0.313 e. The van der Waals surface area contributed by atoms with Gasteiger partial charge in [0.05, 0.1) is 0 Å². The van der Waals surface area contributed by atoms with Crippen molar-refractivity contribution in [3.63, 3.8) is 0 Å². The Balaban J connectivity index is 2.13. The van der Waals surface area contributed by atoms with Gasteiger partial charge in [0, 0.05) is 25.2 Å². The highest BCUT2D eigenvalue weighted by atomic mass is 15.1. The maximum atomic E-state index is 3.75. The van der Waals surface area contributed by atoms with Gasteiger partial charge in [0.15, 0.2) is 0 Å². The first kappa shape index (κ1) is 15.0. The first-order valence-corrected chi connectivity index (χ1v) is 7.60. The first-order valence-electron chi connectivity index (χ1n) is 7.60. The molecule has 0 spiro atoms. The van der Waals surface area contributed by atoms with Gasteiger partial charge in [-0.15, -0.1) is 0 Å². The van der Waals surface area contributed by atoms with Crippen LogP contribution in [0, 0.1) is 5.92 Å². The van der Waals surface area contributed by atoms with Crippen LogP contribution in [0.25, 0.3) is 0 Å². The Labute approximate surface area is 108 Å². The van der Waals surface area contributed by atoms with Crippen molar-refractivity contribution < 1.29 is 0 Å². The number of hydrogen-bond donors (Lipinski definition) is 1. The SMILES string of the molecule is CCC1CCCC(NCCN(C)C(C)CC)C1. The van der Waals surface area contributed by atoms with Crippen molar-refractivity contribution in [3.05, 3.63) is 0 Å². The Hall–Kier alpha value is -0.0800. The van der Waals surface area contributed by atoms with Gasteiger partial charge in [0.1, 0.15) is 0 Å². The fourth-order valence-electron chi connectivity index (χ4n) is 2.82. The summed E-state index contributed by atoms with van der Waals surface area (Å²) >= 11 is 0. The van der Waals surface area contributed by atoms with Crippen molar-refractivity contribution in [2.75, 3.05) is 20.1 Å². The molecule has 0 aromatic carbocycles. The molecule has 17 heavy (non-hydrogen) atoms. The third-order valence-electron chi connectivity index (χ3n) is 4.60. The molecule has 102 valence electrons. The van der Waals surface area contributed by atoms with Crippen LogP contribution < -0.4 is 5.32 Å². The fraction of sp³-hybridized carbons (Fsp3) is 1.00. The van der Waals surface area contributed by atoms with Crippen molar-refractivity contribution in [1.29, 1.82) is 0 Å². The molecule has 2 heteroatoms. The lowest BCUT2D eigenvalue weighted by atomic mass is 9.84. The average molecular weight is 240 g/mol. The zero-order chi connectivity index (χ0) is 12.7. The highest BCUT2D eigenvalue weighted by molar-refractivity contribution is 4.77. The molecule has 0 aromatic heterocycles. The van der Waals surface area contributed by atoms with Gasteiger partial charge in [-0.05, 0) is 39.2 Å². The van der Waals surface area contributed by atoms with E-state index in [9.17, 15) is 0 Å². The highest BCUT2D eigenvalue weighted by Gasteiger charge is 2.20. The van der Waals surface area contributed by atoms with E-state index in [0.29, 0.717) is 6.04 Å². The quantitative estimate of drug-likeness (QED) is 0.735. The van der Waals surface area contributed by atoms with Crippen molar-refractivity contribution in [3.8, 4) is 0 Å². The highest BCUT2D eigenvalue weighted by Crippen LogP contribution is 2.26. The van der Waals surface area contributed by atoms with Crippen LogP contribution in [-0.2, 0) is 0 Å². The largest absolute Gasteiger partial charge is 0.313 e. The molecule has 1 saturated carbocycles. The topological polar surface area (TPSA) is 15.3 Å². The van der Waals surface area contributed by atoms with Crippen LogP contribution in [0.1, 0.15) is 59.3 Å². The molecule has 3 unspecified atom stereocenters. The molecule has 1 N–H and O–H groups in total. The summed E-state index contributed by atoms with van der Waals surface area (Å²) < 4.78 is 0. The van der Waals surface area contributed by atoms with E-state index in [1.807, 2.05) is 0 Å². The van der Waals surface area contributed by atoms with E-state index >= 15 is 0 Å². The smallest absolute Gasteiger partial charge is 0.0107 e. The summed E-state index contributed by atoms with van der Waals surface area (Å²) in [5.74, 6) is 0.980. The predicted molar refractivity (Wildman–Crippen MR) is 76.4 cm³/mol. The Morgan fingerprint density at radius 2 is 2.06 bits per heavy atom. The summed E-state index contributed by atoms with van der Waals surface area (Å²) in [5, 5.41) is 3.75. The van der Waals surface area contributed by atoms with Crippen LogP contribution in [0.4, 0.5) is 0 Å². The number of nitrogens with zero attached hydrogens (tertiary/aromatic N) is 1. The van der Waals surface area contributed by atoms with Crippen molar-refractivity contribution >= 4 is 0 Å². The molecule has 3 atom stereocenters. The van der Waals surface area contributed by atoms with E-state index in [0.717, 1.165) is 18.5 Å². The third kappa shape index (κ3) is 5.39. The van der Waals surface area contributed by atoms with Gasteiger partial charge in [-0.2, -0.15) is 0 Å². The van der Waals surface area contributed by atoms with E-state index < -0.39 is 0 Å². The van der Waals surface area contributed by atoms with Crippen molar-refractivity contribution in [2.24, 2.45) is 5.92 Å². The summed E-state index contributed by atoms with van der Waals surface area (Å²) in [5.41, 5.74) is 0. The Morgan fingerprint density at radius 3 is 2.71 bits per heavy atom. The predicted octanol–water partition coefficient (Wildman–Crippen LogP) is 3.28. The molecular weight excluding hydrogens is 208 g/mol. The lowest BCUT2D eigenvalue weighted by Crippen LogP contribution is -2.40. The maximum Gasteiger partial charge on any atom is 0.0107 e. The molecule has 0 aliphatic heterocycles. The second kappa shape index (κ2) is 8.10. The Kier molecular flexibility index (Phi) is 7.14. The molecule has 1 aliphatic carbocycles. The number of nitrogens with one attached hydrogen (secondary N) is 1. The van der Waals surface area contributed by atoms with E-state index in [1.54, 1.807) is 0 Å². The summed E-state index contributed by atoms with van der Waals surface area (Å²) in [4.78, 5) is 2.47. The summed E-state index contributed by atoms with van der Waals surface area (Å²) in [6.07, 6.45) is 8.30. The van der Waals surface area contributed by atoms with Crippen LogP contribution in [0.2, 0.25) is 0 Å². The maximum absolute atomic E-state index is 3.75. The Morgan fingerprint density at radius 1 is 1.29 bits per heavy atom. The fourth-order valence-corrected chi connectivity index (χ4v) is 2.82. The van der Waals surface area contributed by atoms with Gasteiger partial charge in [-0.25, -0.2) is 0 Å². The monoisotopic (exact) mass is 240 g/mol. The van der Waals surface area contributed by atoms with Gasteiger partial charge in [-0.3, -0.25) is 0 Å². The van der Waals surface area contributed by atoms with E-state index in [4.69, 9.17) is 0 Å². The van der Waals surface area contributed by atoms with Gasteiger partial charge >= 0.3 is 0 Å². The van der Waals surface area contributed by atoms with Crippen LogP contribution >= 0.6 is 0 Å². The third-order valence-corrected chi connectivity index (χ3v) is 4.60. The molecule has 0 saturated heterocycles. The normalized spacial score (nSPS) is 27.4. The molecule has 0 radical (unpaired) electrons. The molecular formula is C15H32N2. The lowest BCUT2D eigenvalue weighted by molar-refractivity contribution is 0.232. The van der Waals surface area contributed by atoms with Crippen molar-refractivity contribution in [1.82, 2.24) is 10.2 Å². The molecule has 1 rings (SSSR count). The molecule has 1 fully saturated rings. The average Bonchev–Trinajstić information content (AvgIpc) is 2.37. The van der Waals surface area contributed by atoms with Crippen LogP contribution in [0.5, 0.6) is 0 Å².